The van der Waals surface area contributed by atoms with Crippen molar-refractivity contribution in [2.45, 2.75) is 19.5 Å². The van der Waals surface area contributed by atoms with Crippen LogP contribution in [0.4, 0.5) is 5.69 Å². The van der Waals surface area contributed by atoms with Crippen molar-refractivity contribution in [2.75, 3.05) is 26.1 Å². The van der Waals surface area contributed by atoms with Gasteiger partial charge >= 0.3 is 0 Å². The van der Waals surface area contributed by atoms with Crippen LogP contribution in [0.25, 0.3) is 0 Å². The maximum atomic E-state index is 11.5. The first kappa shape index (κ1) is 17.1. The zero-order valence-corrected chi connectivity index (χ0v) is 14.6. The van der Waals surface area contributed by atoms with E-state index in [0.717, 1.165) is 11.1 Å². The summed E-state index contributed by atoms with van der Waals surface area (Å²) in [5.74, 6) is 2.00. The number of ether oxygens (including phenoxy) is 3. The lowest BCUT2D eigenvalue weighted by Crippen LogP contribution is -2.26. The fraction of sp³-hybridized carbons (Fsp3) is 0.316. The molecule has 1 heterocycles. The Hall–Kier alpha value is -2.73. The fourth-order valence-corrected chi connectivity index (χ4v) is 2.75. The number of carbonyl (C=O) groups excluding carboxylic acids is 1. The first-order chi connectivity index (χ1) is 12.1. The standard InChI is InChI=1S/C19H22N2O4/c1-12(14-5-7-16-15(9-14)21-19(22)11-25-16)20-10-13-4-6-17(23-2)18(8-13)24-3/h4-9,12,20H,10-11H2,1-3H3,(H,21,22). The highest BCUT2D eigenvalue weighted by Gasteiger charge is 2.17. The molecular formula is C19H22N2O4. The van der Waals surface area contributed by atoms with Gasteiger partial charge in [-0.1, -0.05) is 12.1 Å². The van der Waals surface area contributed by atoms with Crippen LogP contribution in [0.15, 0.2) is 36.4 Å². The third-order valence-corrected chi connectivity index (χ3v) is 4.20. The average Bonchev–Trinajstić information content (AvgIpc) is 2.65. The summed E-state index contributed by atoms with van der Waals surface area (Å²) in [4.78, 5) is 11.5. The Morgan fingerprint density at radius 2 is 1.96 bits per heavy atom. The van der Waals surface area contributed by atoms with Gasteiger partial charge in [0, 0.05) is 12.6 Å². The van der Waals surface area contributed by atoms with Crippen molar-refractivity contribution in [3.8, 4) is 17.2 Å². The molecule has 0 fully saturated rings. The number of amides is 1. The highest BCUT2D eigenvalue weighted by molar-refractivity contribution is 5.95. The second-order valence-corrected chi connectivity index (χ2v) is 5.88. The molecule has 1 atom stereocenters. The van der Waals surface area contributed by atoms with Crippen molar-refractivity contribution in [3.63, 3.8) is 0 Å². The molecule has 1 aliphatic rings. The van der Waals surface area contributed by atoms with E-state index in [1.165, 1.54) is 0 Å². The molecule has 2 N–H and O–H groups in total. The van der Waals surface area contributed by atoms with Crippen molar-refractivity contribution in [3.05, 3.63) is 47.5 Å². The minimum atomic E-state index is -0.129. The third kappa shape index (κ3) is 3.85. The molecule has 6 nitrogen and oxygen atoms in total. The molecule has 1 aliphatic heterocycles. The van der Waals surface area contributed by atoms with Gasteiger partial charge in [-0.25, -0.2) is 0 Å². The van der Waals surface area contributed by atoms with Crippen molar-refractivity contribution in [1.29, 1.82) is 0 Å². The molecule has 2 aromatic rings. The lowest BCUT2D eigenvalue weighted by Gasteiger charge is -2.21. The SMILES string of the molecule is COc1ccc(CNC(C)c2ccc3c(c2)NC(=O)CO3)cc1OC. The van der Waals surface area contributed by atoms with Crippen LogP contribution >= 0.6 is 0 Å². The van der Waals surface area contributed by atoms with Crippen LogP contribution in [0.2, 0.25) is 0 Å². The van der Waals surface area contributed by atoms with Crippen LogP contribution in [-0.4, -0.2) is 26.7 Å². The lowest BCUT2D eigenvalue weighted by molar-refractivity contribution is -0.118. The van der Waals surface area contributed by atoms with Gasteiger partial charge in [0.2, 0.25) is 0 Å². The topological polar surface area (TPSA) is 68.8 Å². The fourth-order valence-electron chi connectivity index (χ4n) is 2.75. The van der Waals surface area contributed by atoms with E-state index in [1.54, 1.807) is 14.2 Å². The lowest BCUT2D eigenvalue weighted by atomic mass is 10.1. The Balaban J connectivity index is 1.67. The Kier molecular flexibility index (Phi) is 5.09. The van der Waals surface area contributed by atoms with Gasteiger partial charge in [-0.05, 0) is 42.3 Å². The van der Waals surface area contributed by atoms with Gasteiger partial charge in [-0.2, -0.15) is 0 Å². The van der Waals surface area contributed by atoms with E-state index in [1.807, 2.05) is 36.4 Å². The van der Waals surface area contributed by atoms with Crippen LogP contribution in [-0.2, 0) is 11.3 Å². The summed E-state index contributed by atoms with van der Waals surface area (Å²) in [6.07, 6.45) is 0. The number of carbonyl (C=O) groups is 1. The average molecular weight is 342 g/mol. The first-order valence-electron chi connectivity index (χ1n) is 8.11. The molecule has 132 valence electrons. The molecule has 3 rings (SSSR count). The van der Waals surface area contributed by atoms with Gasteiger partial charge in [-0.3, -0.25) is 4.79 Å². The largest absolute Gasteiger partial charge is 0.493 e. The summed E-state index contributed by atoms with van der Waals surface area (Å²) < 4.78 is 16.0. The van der Waals surface area contributed by atoms with Crippen molar-refractivity contribution < 1.29 is 19.0 Å². The van der Waals surface area contributed by atoms with Crippen molar-refractivity contribution >= 4 is 11.6 Å². The van der Waals surface area contributed by atoms with Gasteiger partial charge in [0.15, 0.2) is 18.1 Å². The predicted molar refractivity (Wildman–Crippen MR) is 95.4 cm³/mol. The van der Waals surface area contributed by atoms with E-state index in [0.29, 0.717) is 29.5 Å². The van der Waals surface area contributed by atoms with Gasteiger partial charge in [0.25, 0.3) is 5.91 Å². The Morgan fingerprint density at radius 1 is 1.16 bits per heavy atom. The Labute approximate surface area is 147 Å². The molecule has 0 saturated heterocycles. The smallest absolute Gasteiger partial charge is 0.262 e. The van der Waals surface area contributed by atoms with Crippen molar-refractivity contribution in [2.24, 2.45) is 0 Å². The van der Waals surface area contributed by atoms with Crippen LogP contribution in [0.3, 0.4) is 0 Å². The maximum absolute atomic E-state index is 11.5. The van der Waals surface area contributed by atoms with Crippen LogP contribution in [0, 0.1) is 0 Å². The number of methoxy groups -OCH3 is 2. The van der Waals surface area contributed by atoms with E-state index in [2.05, 4.69) is 17.6 Å². The number of anilines is 1. The molecule has 25 heavy (non-hydrogen) atoms. The summed E-state index contributed by atoms with van der Waals surface area (Å²) >= 11 is 0. The normalized spacial score (nSPS) is 14.1. The van der Waals surface area contributed by atoms with Crippen LogP contribution in [0.5, 0.6) is 17.2 Å². The zero-order valence-electron chi connectivity index (χ0n) is 14.6. The number of hydrogen-bond donors (Lipinski definition) is 2. The molecule has 1 unspecified atom stereocenters. The summed E-state index contributed by atoms with van der Waals surface area (Å²) in [5, 5.41) is 6.31. The van der Waals surface area contributed by atoms with Gasteiger partial charge < -0.3 is 24.8 Å². The first-order valence-corrected chi connectivity index (χ1v) is 8.11. The molecule has 0 spiro atoms. The monoisotopic (exact) mass is 342 g/mol. The minimum absolute atomic E-state index is 0.0689. The number of hydrogen-bond acceptors (Lipinski definition) is 5. The molecule has 0 radical (unpaired) electrons. The minimum Gasteiger partial charge on any atom is -0.493 e. The van der Waals surface area contributed by atoms with E-state index in [4.69, 9.17) is 14.2 Å². The second kappa shape index (κ2) is 7.44. The summed E-state index contributed by atoms with van der Waals surface area (Å²) in [6, 6.07) is 11.8. The number of fused-ring (bicyclic) bond motifs is 1. The van der Waals surface area contributed by atoms with E-state index < -0.39 is 0 Å². The molecule has 2 aromatic carbocycles. The van der Waals surface area contributed by atoms with Gasteiger partial charge in [-0.15, -0.1) is 0 Å². The van der Waals surface area contributed by atoms with E-state index in [9.17, 15) is 4.79 Å². The van der Waals surface area contributed by atoms with Crippen LogP contribution < -0.4 is 24.8 Å². The van der Waals surface area contributed by atoms with Crippen LogP contribution in [0.1, 0.15) is 24.1 Å². The summed E-state index contributed by atoms with van der Waals surface area (Å²) in [6.45, 7) is 2.83. The van der Waals surface area contributed by atoms with Crippen molar-refractivity contribution in [1.82, 2.24) is 5.32 Å². The second-order valence-electron chi connectivity index (χ2n) is 5.88. The zero-order chi connectivity index (χ0) is 17.8. The Morgan fingerprint density at radius 3 is 2.72 bits per heavy atom. The molecular weight excluding hydrogens is 320 g/mol. The molecule has 0 aliphatic carbocycles. The highest BCUT2D eigenvalue weighted by atomic mass is 16.5. The summed E-state index contributed by atoms with van der Waals surface area (Å²) in [7, 11) is 3.25. The predicted octanol–water partition coefficient (Wildman–Crippen LogP) is 2.89. The van der Waals surface area contributed by atoms with E-state index in [-0.39, 0.29) is 18.6 Å². The number of benzene rings is 2. The quantitative estimate of drug-likeness (QED) is 0.845. The molecule has 0 saturated carbocycles. The van der Waals surface area contributed by atoms with Gasteiger partial charge in [0.05, 0.1) is 19.9 Å². The molecule has 0 aromatic heterocycles. The van der Waals surface area contributed by atoms with E-state index >= 15 is 0 Å². The molecule has 1 amide bonds. The maximum Gasteiger partial charge on any atom is 0.262 e. The highest BCUT2D eigenvalue weighted by Crippen LogP contribution is 2.31. The number of nitrogens with one attached hydrogen (secondary N) is 2. The third-order valence-electron chi connectivity index (χ3n) is 4.20. The number of rotatable bonds is 6. The molecule has 0 bridgehead atoms. The van der Waals surface area contributed by atoms with Gasteiger partial charge in [0.1, 0.15) is 5.75 Å². The summed E-state index contributed by atoms with van der Waals surface area (Å²) in [5.41, 5.74) is 2.89. The Bertz CT molecular complexity index is 776. The molecule has 6 heteroatoms.